The summed E-state index contributed by atoms with van der Waals surface area (Å²) < 4.78 is 20.3. The van der Waals surface area contributed by atoms with E-state index in [1.807, 2.05) is 4.90 Å². The van der Waals surface area contributed by atoms with Crippen molar-refractivity contribution in [3.63, 3.8) is 0 Å². The maximum Gasteiger partial charge on any atom is 0.242 e. The molecule has 0 spiro atoms. The molecule has 144 valence electrons. The van der Waals surface area contributed by atoms with E-state index in [1.54, 1.807) is 29.8 Å². The number of likely N-dealkylation sites (tertiary alicyclic amines) is 1. The number of piperidine rings is 1. The van der Waals surface area contributed by atoms with Crippen molar-refractivity contribution >= 4 is 5.91 Å². The molecule has 1 aliphatic rings. The van der Waals surface area contributed by atoms with Crippen molar-refractivity contribution in [2.75, 3.05) is 13.1 Å². The molecular weight excluding hydrogens is 347 g/mol. The van der Waals surface area contributed by atoms with E-state index in [-0.39, 0.29) is 36.1 Å². The third-order valence-corrected chi connectivity index (χ3v) is 5.06. The van der Waals surface area contributed by atoms with Gasteiger partial charge in [-0.3, -0.25) is 9.59 Å². The summed E-state index contributed by atoms with van der Waals surface area (Å²) in [5, 5.41) is 0. The number of carbonyl (C=O) groups is 1. The molecule has 6 heteroatoms. The average Bonchev–Trinajstić information content (AvgIpc) is 2.64. The summed E-state index contributed by atoms with van der Waals surface area (Å²) in [6, 6.07) is 7.41. The van der Waals surface area contributed by atoms with Crippen LogP contribution in [-0.2, 0) is 17.9 Å². The topological polar surface area (TPSA) is 51.5 Å². The molecule has 0 unspecified atom stereocenters. The molecule has 3 rings (SSSR count). The fraction of sp³-hybridized carbons (Fsp3) is 0.429. The largest absolute Gasteiger partial charge is 0.483 e. The molecule has 0 saturated carbocycles. The fourth-order valence-corrected chi connectivity index (χ4v) is 3.17. The molecule has 1 fully saturated rings. The van der Waals surface area contributed by atoms with Gasteiger partial charge in [-0.25, -0.2) is 4.39 Å². The van der Waals surface area contributed by atoms with Crippen LogP contribution >= 0.6 is 0 Å². The molecule has 0 N–H and O–H groups in total. The van der Waals surface area contributed by atoms with E-state index >= 15 is 0 Å². The normalized spacial score (nSPS) is 15.0. The first-order valence-corrected chi connectivity index (χ1v) is 9.28. The number of rotatable bonds is 5. The number of aromatic nitrogens is 1. The van der Waals surface area contributed by atoms with E-state index in [2.05, 4.69) is 6.92 Å². The smallest absolute Gasteiger partial charge is 0.242 e. The van der Waals surface area contributed by atoms with Gasteiger partial charge in [-0.1, -0.05) is 19.1 Å². The number of pyridine rings is 1. The van der Waals surface area contributed by atoms with Crippen LogP contribution < -0.4 is 10.2 Å². The monoisotopic (exact) mass is 372 g/mol. The minimum absolute atomic E-state index is 0.0538. The second-order valence-corrected chi connectivity index (χ2v) is 7.25. The summed E-state index contributed by atoms with van der Waals surface area (Å²) in [7, 11) is 0. The highest BCUT2D eigenvalue weighted by Crippen LogP contribution is 2.17. The van der Waals surface area contributed by atoms with Gasteiger partial charge in [-0.2, -0.15) is 0 Å². The van der Waals surface area contributed by atoms with E-state index in [0.29, 0.717) is 11.6 Å². The molecule has 1 saturated heterocycles. The third kappa shape index (κ3) is 4.96. The van der Waals surface area contributed by atoms with Crippen LogP contribution in [0, 0.1) is 18.7 Å². The second-order valence-electron chi connectivity index (χ2n) is 7.25. The molecule has 1 aliphatic heterocycles. The Morgan fingerprint density at radius 1 is 1.22 bits per heavy atom. The van der Waals surface area contributed by atoms with Crippen LogP contribution in [0.1, 0.15) is 31.0 Å². The summed E-state index contributed by atoms with van der Waals surface area (Å²) in [5.74, 6) is 0.583. The lowest BCUT2D eigenvalue weighted by molar-refractivity contribution is -0.133. The standard InChI is InChI=1S/C21H25FN2O3/c1-15-7-9-23(10-8-15)21(26)13-24-12-20(19(25)11-16(24)2)27-14-17-3-5-18(22)6-4-17/h3-6,11-12,15H,7-10,13-14H2,1-2H3. The predicted molar refractivity (Wildman–Crippen MR) is 101 cm³/mol. The number of ether oxygens (including phenoxy) is 1. The molecule has 0 aliphatic carbocycles. The quantitative estimate of drug-likeness (QED) is 0.810. The Bertz CT molecular complexity index is 853. The first-order chi connectivity index (χ1) is 12.9. The number of benzene rings is 1. The summed E-state index contributed by atoms with van der Waals surface area (Å²) >= 11 is 0. The van der Waals surface area contributed by atoms with Crippen LogP contribution in [0.5, 0.6) is 5.75 Å². The van der Waals surface area contributed by atoms with Gasteiger partial charge in [-0.05, 0) is 43.4 Å². The van der Waals surface area contributed by atoms with Gasteiger partial charge in [0.1, 0.15) is 19.0 Å². The zero-order chi connectivity index (χ0) is 19.4. The van der Waals surface area contributed by atoms with E-state index < -0.39 is 0 Å². The molecule has 5 nitrogen and oxygen atoms in total. The van der Waals surface area contributed by atoms with Crippen LogP contribution in [0.3, 0.4) is 0 Å². The summed E-state index contributed by atoms with van der Waals surface area (Å²) in [6.45, 7) is 5.93. The van der Waals surface area contributed by atoms with Crippen molar-refractivity contribution in [3.05, 3.63) is 63.8 Å². The Kier molecular flexibility index (Phi) is 5.94. The van der Waals surface area contributed by atoms with Crippen LogP contribution in [0.2, 0.25) is 0 Å². The minimum atomic E-state index is -0.318. The molecule has 1 amide bonds. The van der Waals surface area contributed by atoms with Gasteiger partial charge in [0.2, 0.25) is 11.3 Å². The van der Waals surface area contributed by atoms with Crippen molar-refractivity contribution in [2.24, 2.45) is 5.92 Å². The Balaban J connectivity index is 1.68. The van der Waals surface area contributed by atoms with Gasteiger partial charge < -0.3 is 14.2 Å². The van der Waals surface area contributed by atoms with Crippen molar-refractivity contribution < 1.29 is 13.9 Å². The lowest BCUT2D eigenvalue weighted by atomic mass is 9.99. The van der Waals surface area contributed by atoms with Crippen LogP contribution in [0.4, 0.5) is 4.39 Å². The van der Waals surface area contributed by atoms with Crippen molar-refractivity contribution in [2.45, 2.75) is 39.8 Å². The second kappa shape index (κ2) is 8.37. The van der Waals surface area contributed by atoms with E-state index in [4.69, 9.17) is 4.74 Å². The molecule has 27 heavy (non-hydrogen) atoms. The number of halogens is 1. The Hall–Kier alpha value is -2.63. The zero-order valence-electron chi connectivity index (χ0n) is 15.8. The van der Waals surface area contributed by atoms with E-state index in [9.17, 15) is 14.0 Å². The average molecular weight is 372 g/mol. The molecule has 0 atom stereocenters. The molecular formula is C21H25FN2O3. The summed E-state index contributed by atoms with van der Waals surface area (Å²) in [5.41, 5.74) is 1.25. The van der Waals surface area contributed by atoms with Gasteiger partial charge in [0, 0.05) is 24.8 Å². The predicted octanol–water partition coefficient (Wildman–Crippen LogP) is 3.13. The number of carbonyl (C=O) groups excluding carboxylic acids is 1. The summed E-state index contributed by atoms with van der Waals surface area (Å²) in [6.07, 6.45) is 3.65. The molecule has 2 heterocycles. The number of nitrogens with zero attached hydrogens (tertiary/aromatic N) is 2. The molecule has 1 aromatic heterocycles. The van der Waals surface area contributed by atoms with E-state index in [1.165, 1.54) is 18.2 Å². The maximum atomic E-state index is 13.0. The van der Waals surface area contributed by atoms with Crippen molar-refractivity contribution in [3.8, 4) is 5.75 Å². The highest BCUT2D eigenvalue weighted by atomic mass is 19.1. The Morgan fingerprint density at radius 3 is 2.56 bits per heavy atom. The first-order valence-electron chi connectivity index (χ1n) is 9.28. The first kappa shape index (κ1) is 19.1. The Labute approximate surface area is 158 Å². The number of hydrogen-bond donors (Lipinski definition) is 0. The van der Waals surface area contributed by atoms with Gasteiger partial charge in [0.15, 0.2) is 5.75 Å². The van der Waals surface area contributed by atoms with E-state index in [0.717, 1.165) is 31.5 Å². The van der Waals surface area contributed by atoms with Crippen LogP contribution in [0.25, 0.3) is 0 Å². The maximum absolute atomic E-state index is 13.0. The molecule has 2 aromatic rings. The third-order valence-electron chi connectivity index (χ3n) is 5.06. The van der Waals surface area contributed by atoms with Crippen LogP contribution in [0.15, 0.2) is 41.3 Å². The SMILES string of the molecule is Cc1cc(=O)c(OCc2ccc(F)cc2)cn1CC(=O)N1CCC(C)CC1. The summed E-state index contributed by atoms with van der Waals surface area (Å²) in [4.78, 5) is 26.7. The highest BCUT2D eigenvalue weighted by molar-refractivity contribution is 5.76. The zero-order valence-corrected chi connectivity index (χ0v) is 15.8. The van der Waals surface area contributed by atoms with Crippen LogP contribution in [-0.4, -0.2) is 28.5 Å². The lowest BCUT2D eigenvalue weighted by Gasteiger charge is -2.30. The van der Waals surface area contributed by atoms with Gasteiger partial charge in [-0.15, -0.1) is 0 Å². The highest BCUT2D eigenvalue weighted by Gasteiger charge is 2.20. The lowest BCUT2D eigenvalue weighted by Crippen LogP contribution is -2.40. The number of amides is 1. The molecule has 0 radical (unpaired) electrons. The molecule has 0 bridgehead atoms. The van der Waals surface area contributed by atoms with Gasteiger partial charge in [0.25, 0.3) is 0 Å². The van der Waals surface area contributed by atoms with Crippen molar-refractivity contribution in [1.29, 1.82) is 0 Å². The number of aryl methyl sites for hydroxylation is 1. The van der Waals surface area contributed by atoms with Crippen molar-refractivity contribution in [1.82, 2.24) is 9.47 Å². The fourth-order valence-electron chi connectivity index (χ4n) is 3.17. The Morgan fingerprint density at radius 2 is 1.89 bits per heavy atom. The minimum Gasteiger partial charge on any atom is -0.483 e. The molecule has 1 aromatic carbocycles. The van der Waals surface area contributed by atoms with Gasteiger partial charge >= 0.3 is 0 Å². The number of hydrogen-bond acceptors (Lipinski definition) is 3. The van der Waals surface area contributed by atoms with Gasteiger partial charge in [0.05, 0.1) is 6.20 Å².